The molecule has 2 heterocycles. The lowest BCUT2D eigenvalue weighted by Crippen LogP contribution is -2.34. The number of hydrogen-bond acceptors (Lipinski definition) is 6. The Labute approximate surface area is 121 Å². The highest BCUT2D eigenvalue weighted by atomic mass is 16.7. The second-order valence-corrected chi connectivity index (χ2v) is 4.68. The molecular weight excluding hydrogens is 276 g/mol. The summed E-state index contributed by atoms with van der Waals surface area (Å²) in [5.41, 5.74) is 1.66. The van der Waals surface area contributed by atoms with Crippen molar-refractivity contribution in [3.05, 3.63) is 46.5 Å². The molecule has 2 aliphatic rings. The smallest absolute Gasteiger partial charge is 0.340 e. The van der Waals surface area contributed by atoms with Crippen LogP contribution in [-0.4, -0.2) is 33.3 Å². The molecule has 3 rings (SSSR count). The van der Waals surface area contributed by atoms with Gasteiger partial charge in [-0.15, -0.1) is 0 Å². The molecule has 110 valence electrons. The van der Waals surface area contributed by atoms with Gasteiger partial charge in [0.2, 0.25) is 5.79 Å². The van der Waals surface area contributed by atoms with Crippen molar-refractivity contribution in [2.24, 2.45) is 0 Å². The first-order valence-corrected chi connectivity index (χ1v) is 6.34. The van der Waals surface area contributed by atoms with Gasteiger partial charge in [-0.25, -0.2) is 9.59 Å². The van der Waals surface area contributed by atoms with Crippen molar-refractivity contribution in [1.29, 1.82) is 0 Å². The SMILES string of the molecule is COC(=O)C1=C(C(=O)OC)C2(OC)OC1c1ccccc12. The second kappa shape index (κ2) is 4.68. The van der Waals surface area contributed by atoms with Gasteiger partial charge in [-0.3, -0.25) is 0 Å². The number of hydrogen-bond donors (Lipinski definition) is 0. The number of rotatable bonds is 3. The van der Waals surface area contributed by atoms with E-state index in [0.717, 1.165) is 5.56 Å². The predicted molar refractivity (Wildman–Crippen MR) is 70.0 cm³/mol. The van der Waals surface area contributed by atoms with Crippen LogP contribution in [0, 0.1) is 0 Å². The molecular formula is C15H14O6. The van der Waals surface area contributed by atoms with Crippen LogP contribution in [0.25, 0.3) is 0 Å². The number of esters is 2. The van der Waals surface area contributed by atoms with Gasteiger partial charge in [0.25, 0.3) is 0 Å². The third-order valence-corrected chi connectivity index (χ3v) is 3.82. The summed E-state index contributed by atoms with van der Waals surface area (Å²) in [5, 5.41) is 0. The van der Waals surface area contributed by atoms with E-state index in [1.54, 1.807) is 6.07 Å². The van der Waals surface area contributed by atoms with Crippen LogP contribution in [0.3, 0.4) is 0 Å². The van der Waals surface area contributed by atoms with Crippen molar-refractivity contribution >= 4 is 11.9 Å². The molecule has 0 saturated carbocycles. The molecule has 0 aromatic heterocycles. The summed E-state index contributed by atoms with van der Waals surface area (Å²) in [6, 6.07) is 7.28. The Morgan fingerprint density at radius 3 is 2.38 bits per heavy atom. The van der Waals surface area contributed by atoms with E-state index >= 15 is 0 Å². The zero-order valence-corrected chi connectivity index (χ0v) is 11.8. The van der Waals surface area contributed by atoms with Crippen LogP contribution in [0.2, 0.25) is 0 Å². The predicted octanol–water partition coefficient (Wildman–Crippen LogP) is 1.21. The third-order valence-electron chi connectivity index (χ3n) is 3.82. The van der Waals surface area contributed by atoms with Crippen molar-refractivity contribution in [2.45, 2.75) is 11.9 Å². The van der Waals surface area contributed by atoms with E-state index in [1.165, 1.54) is 21.3 Å². The fourth-order valence-electron chi connectivity index (χ4n) is 2.96. The van der Waals surface area contributed by atoms with Gasteiger partial charge in [0.15, 0.2) is 0 Å². The van der Waals surface area contributed by atoms with Crippen LogP contribution in [0.15, 0.2) is 35.4 Å². The number of carbonyl (C=O) groups is 2. The van der Waals surface area contributed by atoms with E-state index in [-0.39, 0.29) is 11.1 Å². The topological polar surface area (TPSA) is 71.1 Å². The van der Waals surface area contributed by atoms with Crippen LogP contribution in [0.1, 0.15) is 17.2 Å². The largest absolute Gasteiger partial charge is 0.466 e. The van der Waals surface area contributed by atoms with Gasteiger partial charge in [-0.05, 0) is 5.56 Å². The second-order valence-electron chi connectivity index (χ2n) is 4.68. The van der Waals surface area contributed by atoms with E-state index < -0.39 is 23.8 Å². The Balaban J connectivity index is 2.28. The average Bonchev–Trinajstić information content (AvgIpc) is 3.05. The van der Waals surface area contributed by atoms with Gasteiger partial charge >= 0.3 is 11.9 Å². The molecule has 2 aliphatic heterocycles. The molecule has 0 saturated heterocycles. The highest BCUT2D eigenvalue weighted by Crippen LogP contribution is 2.58. The van der Waals surface area contributed by atoms with Crippen molar-refractivity contribution < 1.29 is 28.5 Å². The molecule has 6 nitrogen and oxygen atoms in total. The monoisotopic (exact) mass is 290 g/mol. The van der Waals surface area contributed by atoms with Crippen LogP contribution in [0.4, 0.5) is 0 Å². The average molecular weight is 290 g/mol. The standard InChI is InChI=1S/C15H14O6/c1-18-13(16)10-11(14(17)19-2)15(20-3)9-7-5-4-6-8(9)12(10)21-15/h4-7,12H,1-3H3. The first-order valence-electron chi connectivity index (χ1n) is 6.34. The lowest BCUT2D eigenvalue weighted by molar-refractivity contribution is -0.197. The summed E-state index contributed by atoms with van der Waals surface area (Å²) < 4.78 is 20.9. The lowest BCUT2D eigenvalue weighted by Gasteiger charge is -2.27. The summed E-state index contributed by atoms with van der Waals surface area (Å²) in [6.45, 7) is 0. The van der Waals surface area contributed by atoms with E-state index in [2.05, 4.69) is 0 Å². The number of carbonyl (C=O) groups excluding carboxylic acids is 2. The summed E-state index contributed by atoms with van der Waals surface area (Å²) in [6.07, 6.45) is -0.692. The van der Waals surface area contributed by atoms with Gasteiger partial charge in [0, 0.05) is 12.7 Å². The molecule has 21 heavy (non-hydrogen) atoms. The third kappa shape index (κ3) is 1.60. The molecule has 0 radical (unpaired) electrons. The minimum atomic E-state index is -1.42. The molecule has 2 bridgehead atoms. The highest BCUT2D eigenvalue weighted by Gasteiger charge is 2.61. The Kier molecular flexibility index (Phi) is 3.07. The normalized spacial score (nSPS) is 25.8. The molecule has 2 atom stereocenters. The maximum atomic E-state index is 12.2. The minimum absolute atomic E-state index is 0.0445. The van der Waals surface area contributed by atoms with Crippen molar-refractivity contribution in [3.8, 4) is 0 Å². The summed E-state index contributed by atoms with van der Waals surface area (Å²) in [7, 11) is 3.91. The Bertz CT molecular complexity index is 662. The van der Waals surface area contributed by atoms with Gasteiger partial charge in [-0.2, -0.15) is 0 Å². The van der Waals surface area contributed by atoms with Crippen molar-refractivity contribution in [1.82, 2.24) is 0 Å². The van der Waals surface area contributed by atoms with Gasteiger partial charge < -0.3 is 18.9 Å². The van der Waals surface area contributed by atoms with Crippen molar-refractivity contribution in [2.75, 3.05) is 21.3 Å². The highest BCUT2D eigenvalue weighted by molar-refractivity contribution is 6.04. The van der Waals surface area contributed by atoms with Crippen LogP contribution in [0.5, 0.6) is 0 Å². The maximum absolute atomic E-state index is 12.2. The molecule has 0 spiro atoms. The Morgan fingerprint density at radius 1 is 1.10 bits per heavy atom. The minimum Gasteiger partial charge on any atom is -0.466 e. The van der Waals surface area contributed by atoms with Crippen LogP contribution in [-0.2, 0) is 34.3 Å². The van der Waals surface area contributed by atoms with Crippen LogP contribution >= 0.6 is 0 Å². The molecule has 6 heteroatoms. The Hall–Kier alpha value is -2.18. The van der Waals surface area contributed by atoms with Crippen LogP contribution < -0.4 is 0 Å². The number of methoxy groups -OCH3 is 3. The lowest BCUT2D eigenvalue weighted by atomic mass is 9.83. The van der Waals surface area contributed by atoms with E-state index in [1.807, 2.05) is 18.2 Å². The van der Waals surface area contributed by atoms with E-state index in [9.17, 15) is 9.59 Å². The molecule has 1 aromatic carbocycles. The summed E-state index contributed by atoms with van der Waals surface area (Å²) in [5.74, 6) is -2.72. The molecule has 1 aromatic rings. The molecule has 0 N–H and O–H groups in total. The molecule has 0 fully saturated rings. The number of ether oxygens (including phenoxy) is 4. The van der Waals surface area contributed by atoms with Gasteiger partial charge in [0.05, 0.1) is 19.8 Å². The zero-order valence-electron chi connectivity index (χ0n) is 11.8. The summed E-state index contributed by atoms with van der Waals surface area (Å²) >= 11 is 0. The maximum Gasteiger partial charge on any atom is 0.340 e. The molecule has 0 amide bonds. The fraction of sp³-hybridized carbons (Fsp3) is 0.333. The molecule has 2 unspecified atom stereocenters. The quantitative estimate of drug-likeness (QED) is 0.779. The zero-order chi connectivity index (χ0) is 15.2. The Morgan fingerprint density at radius 2 is 1.76 bits per heavy atom. The number of fused-ring (bicyclic) bond motifs is 5. The van der Waals surface area contributed by atoms with Gasteiger partial charge in [0.1, 0.15) is 11.7 Å². The first kappa shape index (κ1) is 13.8. The van der Waals surface area contributed by atoms with E-state index in [0.29, 0.717) is 5.56 Å². The van der Waals surface area contributed by atoms with E-state index in [4.69, 9.17) is 18.9 Å². The number of benzene rings is 1. The fourth-order valence-corrected chi connectivity index (χ4v) is 2.96. The first-order chi connectivity index (χ1) is 10.1. The summed E-state index contributed by atoms with van der Waals surface area (Å²) in [4.78, 5) is 24.2. The molecule has 0 aliphatic carbocycles. The van der Waals surface area contributed by atoms with Gasteiger partial charge in [-0.1, -0.05) is 24.3 Å². The van der Waals surface area contributed by atoms with Crippen molar-refractivity contribution in [3.63, 3.8) is 0 Å².